The van der Waals surface area contributed by atoms with Gasteiger partial charge in [-0.15, -0.1) is 5.73 Å². The van der Waals surface area contributed by atoms with E-state index in [0.29, 0.717) is 0 Å². The first-order valence-corrected chi connectivity index (χ1v) is 6.89. The van der Waals surface area contributed by atoms with E-state index in [9.17, 15) is 0 Å². The Kier molecular flexibility index (Phi) is 3.99. The Hall–Kier alpha value is -0.126. The van der Waals surface area contributed by atoms with Crippen molar-refractivity contribution in [1.29, 1.82) is 0 Å². The number of nitrogens with zero attached hydrogens (tertiary/aromatic N) is 1. The third kappa shape index (κ3) is 4.34. The van der Waals surface area contributed by atoms with Gasteiger partial charge >= 0.3 is 18.9 Å². The van der Waals surface area contributed by atoms with E-state index in [0.717, 1.165) is 5.70 Å². The Morgan fingerprint density at radius 1 is 1.36 bits per heavy atom. The third-order valence-corrected chi connectivity index (χ3v) is 1.95. The number of allylic oxidation sites excluding steroid dienone is 2. The summed E-state index contributed by atoms with van der Waals surface area (Å²) >= 11 is 0. The summed E-state index contributed by atoms with van der Waals surface area (Å²) in [5.74, 6) is 0. The SMILES string of the molecule is C[Si](C)(C)[N-]C1=C=CC=C1.[Li+]. The van der Waals surface area contributed by atoms with E-state index in [1.165, 1.54) is 0 Å². The molecule has 0 bridgehead atoms. The minimum absolute atomic E-state index is 0. The maximum absolute atomic E-state index is 4.53. The molecule has 0 aromatic heterocycles. The predicted octanol–water partition coefficient (Wildman–Crippen LogP) is -0.192. The van der Waals surface area contributed by atoms with Gasteiger partial charge < -0.3 is 4.98 Å². The zero-order chi connectivity index (χ0) is 7.61. The molecule has 0 amide bonds. The van der Waals surface area contributed by atoms with Crippen LogP contribution in [0.25, 0.3) is 4.98 Å². The molecule has 0 fully saturated rings. The van der Waals surface area contributed by atoms with Crippen LogP contribution < -0.4 is 18.9 Å². The molecule has 0 unspecified atom stereocenters. The summed E-state index contributed by atoms with van der Waals surface area (Å²) in [6.07, 6.45) is 5.87. The van der Waals surface area contributed by atoms with Crippen LogP contribution in [-0.4, -0.2) is 8.24 Å². The molecule has 11 heavy (non-hydrogen) atoms. The Bertz CT molecular complexity index is 219. The minimum atomic E-state index is -1.27. The van der Waals surface area contributed by atoms with Crippen molar-refractivity contribution in [1.82, 2.24) is 0 Å². The molecule has 0 aromatic carbocycles. The second kappa shape index (κ2) is 4.04. The van der Waals surface area contributed by atoms with Crippen LogP contribution in [0.1, 0.15) is 0 Å². The Morgan fingerprint density at radius 2 is 2.00 bits per heavy atom. The molecule has 0 radical (unpaired) electrons. The topological polar surface area (TPSA) is 14.1 Å². The van der Waals surface area contributed by atoms with Gasteiger partial charge in [0.05, 0.1) is 0 Å². The molecule has 1 aliphatic rings. The summed E-state index contributed by atoms with van der Waals surface area (Å²) in [6, 6.07) is 0. The van der Waals surface area contributed by atoms with Gasteiger partial charge in [0.2, 0.25) is 0 Å². The van der Waals surface area contributed by atoms with Gasteiger partial charge in [-0.1, -0.05) is 37.5 Å². The van der Waals surface area contributed by atoms with E-state index in [2.05, 4.69) is 30.4 Å². The monoisotopic (exact) mass is 157 g/mol. The summed E-state index contributed by atoms with van der Waals surface area (Å²) in [5, 5.41) is 0. The average Bonchev–Trinajstić information content (AvgIpc) is 2.12. The number of hydrogen-bond donors (Lipinski definition) is 0. The van der Waals surface area contributed by atoms with E-state index < -0.39 is 8.24 Å². The number of rotatable bonds is 2. The molecule has 0 heterocycles. The molecule has 1 aliphatic carbocycles. The summed E-state index contributed by atoms with van der Waals surface area (Å²) in [5.41, 5.74) is 4.07. The molecule has 0 aliphatic heterocycles. The zero-order valence-electron chi connectivity index (χ0n) is 7.68. The molecule has 0 atom stereocenters. The van der Waals surface area contributed by atoms with Crippen LogP contribution in [0, 0.1) is 0 Å². The fourth-order valence-corrected chi connectivity index (χ4v) is 1.61. The van der Waals surface area contributed by atoms with Gasteiger partial charge in [0.25, 0.3) is 0 Å². The molecule has 0 saturated heterocycles. The second-order valence-corrected chi connectivity index (χ2v) is 7.90. The fraction of sp³-hybridized carbons (Fsp3) is 0.375. The Balaban J connectivity index is 0.000001000. The van der Waals surface area contributed by atoms with E-state index >= 15 is 0 Å². The maximum Gasteiger partial charge on any atom is 1.00 e. The second-order valence-electron chi connectivity index (χ2n) is 3.34. The summed E-state index contributed by atoms with van der Waals surface area (Å²) in [6.45, 7) is 6.65. The molecular formula is C8H12LiNSi. The molecule has 0 spiro atoms. The van der Waals surface area contributed by atoms with Gasteiger partial charge in [0.1, 0.15) is 0 Å². The van der Waals surface area contributed by atoms with Gasteiger partial charge in [-0.3, -0.25) is 0 Å². The van der Waals surface area contributed by atoms with E-state index in [-0.39, 0.29) is 18.9 Å². The van der Waals surface area contributed by atoms with Crippen LogP contribution in [0.2, 0.25) is 19.6 Å². The first-order valence-electron chi connectivity index (χ1n) is 3.44. The van der Waals surface area contributed by atoms with Crippen molar-refractivity contribution in [3.8, 4) is 0 Å². The standard InChI is InChI=1S/C8H12NSi.Li/c1-10(2,3)9-8-6-4-5-7-8;/h4-6H,1-3H3;/q-1;+1. The molecule has 3 heteroatoms. The van der Waals surface area contributed by atoms with Crippen LogP contribution >= 0.6 is 0 Å². The van der Waals surface area contributed by atoms with Gasteiger partial charge in [-0.05, 0) is 14.3 Å². The molecule has 54 valence electrons. The molecule has 1 nitrogen and oxygen atoms in total. The molecular weight excluding hydrogens is 145 g/mol. The van der Waals surface area contributed by atoms with E-state index in [1.54, 1.807) is 0 Å². The van der Waals surface area contributed by atoms with Crippen LogP contribution in [0.3, 0.4) is 0 Å². The molecule has 0 aromatic rings. The van der Waals surface area contributed by atoms with Crippen molar-refractivity contribution in [3.05, 3.63) is 34.6 Å². The summed E-state index contributed by atoms with van der Waals surface area (Å²) in [4.78, 5) is 4.53. The smallest absolute Gasteiger partial charge is 0.681 e. The minimum Gasteiger partial charge on any atom is -0.681 e. The Morgan fingerprint density at radius 3 is 2.36 bits per heavy atom. The zero-order valence-corrected chi connectivity index (χ0v) is 8.68. The van der Waals surface area contributed by atoms with Crippen LogP contribution in [0.5, 0.6) is 0 Å². The summed E-state index contributed by atoms with van der Waals surface area (Å²) < 4.78 is 0. The van der Waals surface area contributed by atoms with Crippen molar-refractivity contribution in [2.45, 2.75) is 19.6 Å². The van der Waals surface area contributed by atoms with E-state index in [1.807, 2.05) is 18.2 Å². The average molecular weight is 157 g/mol. The van der Waals surface area contributed by atoms with Crippen molar-refractivity contribution < 1.29 is 18.9 Å². The normalized spacial score (nSPS) is 14.3. The molecule has 1 rings (SSSR count). The maximum atomic E-state index is 4.53. The van der Waals surface area contributed by atoms with Crippen molar-refractivity contribution in [2.75, 3.05) is 0 Å². The van der Waals surface area contributed by atoms with Crippen molar-refractivity contribution >= 4 is 8.24 Å². The molecule has 0 saturated carbocycles. The van der Waals surface area contributed by atoms with Crippen LogP contribution in [0.4, 0.5) is 0 Å². The first kappa shape index (κ1) is 10.9. The molecule has 0 N–H and O–H groups in total. The number of hydrogen-bond acceptors (Lipinski definition) is 0. The van der Waals surface area contributed by atoms with E-state index in [4.69, 9.17) is 0 Å². The van der Waals surface area contributed by atoms with Crippen molar-refractivity contribution in [3.63, 3.8) is 0 Å². The third-order valence-electron chi connectivity index (χ3n) is 1.04. The first-order chi connectivity index (χ1) is 4.58. The summed E-state index contributed by atoms with van der Waals surface area (Å²) in [7, 11) is -1.27. The van der Waals surface area contributed by atoms with Crippen LogP contribution in [0.15, 0.2) is 29.7 Å². The largest absolute Gasteiger partial charge is 1.00 e. The fourth-order valence-electron chi connectivity index (χ4n) is 0.752. The van der Waals surface area contributed by atoms with Gasteiger partial charge in [-0.25, -0.2) is 0 Å². The van der Waals surface area contributed by atoms with Crippen LogP contribution in [-0.2, 0) is 0 Å². The predicted molar refractivity (Wildman–Crippen MR) is 47.4 cm³/mol. The quantitative estimate of drug-likeness (QED) is 0.389. The Labute approximate surface area is 81.5 Å². The van der Waals surface area contributed by atoms with Gasteiger partial charge in [0.15, 0.2) is 0 Å². The van der Waals surface area contributed by atoms with Crippen molar-refractivity contribution in [2.24, 2.45) is 0 Å². The van der Waals surface area contributed by atoms with Gasteiger partial charge in [0, 0.05) is 0 Å². The van der Waals surface area contributed by atoms with Gasteiger partial charge in [-0.2, -0.15) is 0 Å².